The molecule has 2 heteroatoms. The summed E-state index contributed by atoms with van der Waals surface area (Å²) in [5, 5.41) is 3.72. The number of hydrogen-bond donors (Lipinski definition) is 1. The lowest BCUT2D eigenvalue weighted by molar-refractivity contribution is 0.574. The van der Waals surface area contributed by atoms with Gasteiger partial charge in [-0.2, -0.15) is 0 Å². The molecule has 0 aliphatic carbocycles. The molecule has 1 aliphatic rings. The predicted octanol–water partition coefficient (Wildman–Crippen LogP) is 4.69. The van der Waals surface area contributed by atoms with Gasteiger partial charge in [-0.25, -0.2) is 0 Å². The van der Waals surface area contributed by atoms with E-state index in [1.165, 1.54) is 62.7 Å². The minimum atomic E-state index is 1.15. The second kappa shape index (κ2) is 7.02. The van der Waals surface area contributed by atoms with Gasteiger partial charge in [0.05, 0.1) is 5.69 Å². The average molecular weight is 262 g/mol. The number of unbranched alkanes of at least 4 members (excludes halogenated alkanes) is 1. The highest BCUT2D eigenvalue weighted by atomic mass is 15.0. The van der Waals surface area contributed by atoms with Gasteiger partial charge in [0.2, 0.25) is 0 Å². The van der Waals surface area contributed by atoms with Gasteiger partial charge in [-0.3, -0.25) is 0 Å². The third kappa shape index (κ3) is 3.16. The molecule has 0 saturated carbocycles. The number of fused-ring (bicyclic) bond motifs is 1. The first-order valence-corrected chi connectivity index (χ1v) is 8.24. The summed E-state index contributed by atoms with van der Waals surface area (Å²) in [5.41, 5.74) is 6.13. The molecule has 1 aromatic heterocycles. The standard InChI is InChI=1S/C17H30N2/c1-4-6-13-19-15(5-2)14(3)17-16(19)11-9-7-8-10-12-18-17/h18H,4-13H2,1-3H3. The molecule has 2 heterocycles. The van der Waals surface area contributed by atoms with E-state index in [1.807, 2.05) is 0 Å². The summed E-state index contributed by atoms with van der Waals surface area (Å²) in [6, 6.07) is 0. The van der Waals surface area contributed by atoms with Crippen LogP contribution in [0.15, 0.2) is 0 Å². The number of nitrogens with one attached hydrogen (secondary N) is 1. The third-order valence-corrected chi connectivity index (χ3v) is 4.46. The third-order valence-electron chi connectivity index (χ3n) is 4.46. The Balaban J connectivity index is 2.36. The van der Waals surface area contributed by atoms with Crippen molar-refractivity contribution in [2.24, 2.45) is 0 Å². The molecule has 2 rings (SSSR count). The largest absolute Gasteiger partial charge is 0.383 e. The molecule has 1 N–H and O–H groups in total. The lowest BCUT2D eigenvalue weighted by atomic mass is 10.1. The summed E-state index contributed by atoms with van der Waals surface area (Å²) >= 11 is 0. The fourth-order valence-corrected chi connectivity index (χ4v) is 3.38. The van der Waals surface area contributed by atoms with E-state index < -0.39 is 0 Å². The molecule has 108 valence electrons. The first-order chi connectivity index (χ1) is 9.29. The van der Waals surface area contributed by atoms with Gasteiger partial charge in [-0.15, -0.1) is 0 Å². The Labute approximate surface area is 118 Å². The van der Waals surface area contributed by atoms with Crippen LogP contribution in [-0.2, 0) is 19.4 Å². The van der Waals surface area contributed by atoms with E-state index in [9.17, 15) is 0 Å². The second-order valence-electron chi connectivity index (χ2n) is 5.84. The van der Waals surface area contributed by atoms with Crippen LogP contribution in [0.3, 0.4) is 0 Å². The SMILES string of the molecule is CCCCn1c(CC)c(C)c2c1CCCCCCN2. The van der Waals surface area contributed by atoms with Gasteiger partial charge in [-0.05, 0) is 44.6 Å². The highest BCUT2D eigenvalue weighted by molar-refractivity contribution is 5.59. The van der Waals surface area contributed by atoms with Crippen LogP contribution in [0, 0.1) is 6.92 Å². The molecule has 0 radical (unpaired) electrons. The van der Waals surface area contributed by atoms with Gasteiger partial charge in [0, 0.05) is 24.5 Å². The van der Waals surface area contributed by atoms with Gasteiger partial charge in [0.1, 0.15) is 0 Å². The van der Waals surface area contributed by atoms with Crippen LogP contribution in [-0.4, -0.2) is 11.1 Å². The zero-order valence-electron chi connectivity index (χ0n) is 13.0. The van der Waals surface area contributed by atoms with Crippen LogP contribution in [0.4, 0.5) is 5.69 Å². The smallest absolute Gasteiger partial charge is 0.0585 e. The summed E-state index contributed by atoms with van der Waals surface area (Å²) in [5.74, 6) is 0. The molecule has 1 aromatic rings. The number of rotatable bonds is 4. The maximum absolute atomic E-state index is 3.72. The predicted molar refractivity (Wildman–Crippen MR) is 84.1 cm³/mol. The Morgan fingerprint density at radius 1 is 1.11 bits per heavy atom. The van der Waals surface area contributed by atoms with Crippen LogP contribution in [0.25, 0.3) is 0 Å². The van der Waals surface area contributed by atoms with Gasteiger partial charge < -0.3 is 9.88 Å². The van der Waals surface area contributed by atoms with Crippen molar-refractivity contribution in [2.45, 2.75) is 78.7 Å². The molecular weight excluding hydrogens is 232 g/mol. The molecule has 0 fully saturated rings. The van der Waals surface area contributed by atoms with Gasteiger partial charge >= 0.3 is 0 Å². The quantitative estimate of drug-likeness (QED) is 0.833. The summed E-state index contributed by atoms with van der Waals surface area (Å²) < 4.78 is 2.63. The van der Waals surface area contributed by atoms with E-state index in [0.717, 1.165) is 13.0 Å². The Morgan fingerprint density at radius 2 is 1.89 bits per heavy atom. The minimum absolute atomic E-state index is 1.15. The molecule has 0 amide bonds. The van der Waals surface area contributed by atoms with Crippen molar-refractivity contribution in [2.75, 3.05) is 11.9 Å². The monoisotopic (exact) mass is 262 g/mol. The Bertz CT molecular complexity index is 404. The van der Waals surface area contributed by atoms with Crippen molar-refractivity contribution < 1.29 is 0 Å². The van der Waals surface area contributed by atoms with Crippen LogP contribution >= 0.6 is 0 Å². The zero-order valence-corrected chi connectivity index (χ0v) is 13.0. The van der Waals surface area contributed by atoms with Gasteiger partial charge in [0.25, 0.3) is 0 Å². The summed E-state index contributed by atoms with van der Waals surface area (Å²) in [6.07, 6.45) is 10.4. The summed E-state index contributed by atoms with van der Waals surface area (Å²) in [6.45, 7) is 9.25. The normalized spacial score (nSPS) is 16.2. The minimum Gasteiger partial charge on any atom is -0.383 e. The second-order valence-corrected chi connectivity index (χ2v) is 5.84. The Kier molecular flexibility index (Phi) is 5.35. The van der Waals surface area contributed by atoms with Crippen molar-refractivity contribution in [1.29, 1.82) is 0 Å². The molecule has 0 unspecified atom stereocenters. The molecule has 2 nitrogen and oxygen atoms in total. The number of nitrogens with zero attached hydrogens (tertiary/aromatic N) is 1. The van der Waals surface area contributed by atoms with Crippen molar-refractivity contribution >= 4 is 5.69 Å². The van der Waals surface area contributed by atoms with Crippen molar-refractivity contribution in [3.8, 4) is 0 Å². The molecule has 19 heavy (non-hydrogen) atoms. The summed E-state index contributed by atoms with van der Waals surface area (Å²) in [7, 11) is 0. The molecule has 1 aliphatic heterocycles. The van der Waals surface area contributed by atoms with Crippen molar-refractivity contribution in [3.05, 3.63) is 17.0 Å². The maximum atomic E-state index is 3.72. The van der Waals surface area contributed by atoms with Crippen LogP contribution in [0.5, 0.6) is 0 Å². The van der Waals surface area contributed by atoms with E-state index in [4.69, 9.17) is 0 Å². The molecule has 0 spiro atoms. The molecule has 0 saturated heterocycles. The molecule has 0 atom stereocenters. The Hall–Kier alpha value is -0.920. The lowest BCUT2D eigenvalue weighted by Gasteiger charge is -2.13. The topological polar surface area (TPSA) is 17.0 Å². The average Bonchev–Trinajstić information content (AvgIpc) is 2.73. The first kappa shape index (κ1) is 14.5. The van der Waals surface area contributed by atoms with Crippen LogP contribution in [0.1, 0.15) is 69.3 Å². The molecule has 0 bridgehead atoms. The van der Waals surface area contributed by atoms with E-state index in [0.29, 0.717) is 0 Å². The highest BCUT2D eigenvalue weighted by Crippen LogP contribution is 2.31. The number of hydrogen-bond acceptors (Lipinski definition) is 1. The lowest BCUT2D eigenvalue weighted by Crippen LogP contribution is -2.08. The molecular formula is C17H30N2. The maximum Gasteiger partial charge on any atom is 0.0585 e. The van der Waals surface area contributed by atoms with Crippen LogP contribution in [0.2, 0.25) is 0 Å². The molecule has 0 aromatic carbocycles. The fraction of sp³-hybridized carbons (Fsp3) is 0.765. The zero-order chi connectivity index (χ0) is 13.7. The number of aromatic nitrogens is 1. The van der Waals surface area contributed by atoms with Gasteiger partial charge in [-0.1, -0.05) is 33.1 Å². The highest BCUT2D eigenvalue weighted by Gasteiger charge is 2.18. The van der Waals surface area contributed by atoms with E-state index in [-0.39, 0.29) is 0 Å². The van der Waals surface area contributed by atoms with Crippen LogP contribution < -0.4 is 5.32 Å². The summed E-state index contributed by atoms with van der Waals surface area (Å²) in [4.78, 5) is 0. The fourth-order valence-electron chi connectivity index (χ4n) is 3.38. The van der Waals surface area contributed by atoms with E-state index in [1.54, 1.807) is 11.4 Å². The van der Waals surface area contributed by atoms with Gasteiger partial charge in [0.15, 0.2) is 0 Å². The van der Waals surface area contributed by atoms with E-state index >= 15 is 0 Å². The number of anilines is 1. The first-order valence-electron chi connectivity index (χ1n) is 8.24. The van der Waals surface area contributed by atoms with Crippen molar-refractivity contribution in [1.82, 2.24) is 4.57 Å². The van der Waals surface area contributed by atoms with Crippen molar-refractivity contribution in [3.63, 3.8) is 0 Å². The van der Waals surface area contributed by atoms with E-state index in [2.05, 4.69) is 30.7 Å². The Morgan fingerprint density at radius 3 is 2.63 bits per heavy atom.